The summed E-state index contributed by atoms with van der Waals surface area (Å²) in [5.74, 6) is -3.04. The molecule has 238 valence electrons. The Labute approximate surface area is 251 Å². The first-order chi connectivity index (χ1) is 20.4. The van der Waals surface area contributed by atoms with Gasteiger partial charge in [-0.15, -0.1) is 0 Å². The summed E-state index contributed by atoms with van der Waals surface area (Å²) >= 11 is 0. The van der Waals surface area contributed by atoms with Gasteiger partial charge in [-0.2, -0.15) is 0 Å². The molecule has 43 heavy (non-hydrogen) atoms. The zero-order chi connectivity index (χ0) is 31.9. The van der Waals surface area contributed by atoms with Gasteiger partial charge in [0, 0.05) is 30.1 Å². The molecule has 0 saturated carbocycles. The fourth-order valence-electron chi connectivity index (χ4n) is 4.66. The Hall–Kier alpha value is -4.17. The molecule has 0 radical (unpaired) electrons. The number of aliphatic carboxylic acids is 1. The lowest BCUT2D eigenvalue weighted by Gasteiger charge is -2.26. The number of nitrogens with two attached hydrogens (primary N) is 4. The Morgan fingerprint density at radius 3 is 2.21 bits per heavy atom. The van der Waals surface area contributed by atoms with Crippen molar-refractivity contribution >= 4 is 40.6 Å². The molecule has 3 amide bonds. The Balaban J connectivity index is 2.20. The molecule has 0 aliphatic carbocycles. The van der Waals surface area contributed by atoms with Crippen LogP contribution in [0.3, 0.4) is 0 Å². The molecule has 2 aromatic rings. The second kappa shape index (κ2) is 17.7. The number of guanidine groups is 1. The van der Waals surface area contributed by atoms with Gasteiger partial charge < -0.3 is 49.0 Å². The lowest BCUT2D eigenvalue weighted by molar-refractivity contribution is -0.142. The van der Waals surface area contributed by atoms with Gasteiger partial charge in [0.15, 0.2) is 5.96 Å². The number of benzene rings is 1. The number of carbonyl (C=O) groups is 4. The minimum absolute atomic E-state index is 0.0217. The lowest BCUT2D eigenvalue weighted by Crippen LogP contribution is -2.57. The van der Waals surface area contributed by atoms with Crippen molar-refractivity contribution in [1.82, 2.24) is 20.9 Å². The number of para-hydroxylation sites is 1. The van der Waals surface area contributed by atoms with Crippen LogP contribution in [0.15, 0.2) is 35.5 Å². The van der Waals surface area contributed by atoms with Crippen LogP contribution in [0.4, 0.5) is 0 Å². The standard InChI is InChI=1S/C29H47N9O5/c1-17(2)14-23(37-25(39)20(31)9-5-6-12-30)27(41)36-22(11-7-13-34-29(32)33)26(40)38-24(28(42)43)15-18-16-35-21-10-4-3-8-19(18)21/h3-4,8,10,16-17,20,22-24,35H,5-7,9,11-15,30-31H2,1-2H3,(H,36,41)(H,37,39)(H,38,40)(H,42,43)(H4,32,33,34). The quantitative estimate of drug-likeness (QED) is 0.0586. The number of nitrogens with one attached hydrogen (secondary N) is 4. The van der Waals surface area contributed by atoms with E-state index in [9.17, 15) is 24.3 Å². The number of aliphatic imine (C=N–C) groups is 1. The maximum atomic E-state index is 13.4. The van der Waals surface area contributed by atoms with Crippen molar-refractivity contribution in [3.8, 4) is 0 Å². The van der Waals surface area contributed by atoms with Gasteiger partial charge >= 0.3 is 5.97 Å². The molecule has 4 atom stereocenters. The molecule has 13 N–H and O–H groups in total. The van der Waals surface area contributed by atoms with E-state index in [0.29, 0.717) is 32.2 Å². The van der Waals surface area contributed by atoms with Crippen LogP contribution in [-0.2, 0) is 25.6 Å². The first-order valence-electron chi connectivity index (χ1n) is 14.6. The highest BCUT2D eigenvalue weighted by molar-refractivity contribution is 5.94. The molecule has 4 unspecified atom stereocenters. The molecule has 14 heteroatoms. The van der Waals surface area contributed by atoms with Gasteiger partial charge in [0.25, 0.3) is 0 Å². The smallest absolute Gasteiger partial charge is 0.326 e. The van der Waals surface area contributed by atoms with E-state index in [0.717, 1.165) is 22.9 Å². The van der Waals surface area contributed by atoms with Crippen LogP contribution in [-0.4, -0.2) is 77.0 Å². The van der Waals surface area contributed by atoms with Gasteiger partial charge in [0.05, 0.1) is 6.04 Å². The van der Waals surface area contributed by atoms with Crippen molar-refractivity contribution in [2.75, 3.05) is 13.1 Å². The monoisotopic (exact) mass is 601 g/mol. The van der Waals surface area contributed by atoms with Crippen molar-refractivity contribution in [1.29, 1.82) is 0 Å². The normalized spacial score (nSPS) is 14.0. The van der Waals surface area contributed by atoms with Gasteiger partial charge in [-0.05, 0) is 56.2 Å². The number of H-pyrrole nitrogens is 1. The average molecular weight is 602 g/mol. The summed E-state index contributed by atoms with van der Waals surface area (Å²) in [5.41, 5.74) is 23.9. The second-order valence-electron chi connectivity index (χ2n) is 11.1. The number of amides is 3. The van der Waals surface area contributed by atoms with Crippen LogP contribution >= 0.6 is 0 Å². The fraction of sp³-hybridized carbons (Fsp3) is 0.552. The molecule has 14 nitrogen and oxygen atoms in total. The number of fused-ring (bicyclic) bond motifs is 1. The fourth-order valence-corrected chi connectivity index (χ4v) is 4.66. The van der Waals surface area contributed by atoms with Crippen LogP contribution in [0, 0.1) is 5.92 Å². The third kappa shape index (κ3) is 11.9. The molecule has 1 aromatic carbocycles. The van der Waals surface area contributed by atoms with E-state index in [4.69, 9.17) is 22.9 Å². The number of hydrogen-bond acceptors (Lipinski definition) is 7. The van der Waals surface area contributed by atoms with Crippen LogP contribution in [0.1, 0.15) is 57.9 Å². The Bertz CT molecular complexity index is 1240. The number of carboxylic acids is 1. The molecule has 0 saturated heterocycles. The minimum atomic E-state index is -1.26. The van der Waals surface area contributed by atoms with E-state index >= 15 is 0 Å². The molecule has 1 aromatic heterocycles. The van der Waals surface area contributed by atoms with Crippen LogP contribution in [0.5, 0.6) is 0 Å². The van der Waals surface area contributed by atoms with E-state index in [1.165, 1.54) is 0 Å². The SMILES string of the molecule is CC(C)CC(NC(=O)C(N)CCCCN)C(=O)NC(CCCN=C(N)N)C(=O)NC(Cc1c[nH]c2ccccc12)C(=O)O. The van der Waals surface area contributed by atoms with Crippen molar-refractivity contribution in [2.45, 2.75) is 83.0 Å². The van der Waals surface area contributed by atoms with Gasteiger partial charge in [0.1, 0.15) is 18.1 Å². The van der Waals surface area contributed by atoms with Crippen LogP contribution in [0.2, 0.25) is 0 Å². The highest BCUT2D eigenvalue weighted by atomic mass is 16.4. The second-order valence-corrected chi connectivity index (χ2v) is 11.1. The van der Waals surface area contributed by atoms with Crippen molar-refractivity contribution in [3.05, 3.63) is 36.0 Å². The number of carboxylic acid groups (broad SMARTS) is 1. The Morgan fingerprint density at radius 2 is 1.56 bits per heavy atom. The van der Waals surface area contributed by atoms with E-state index in [-0.39, 0.29) is 31.3 Å². The highest BCUT2D eigenvalue weighted by Gasteiger charge is 2.31. The summed E-state index contributed by atoms with van der Waals surface area (Å²) < 4.78 is 0. The molecular weight excluding hydrogens is 554 g/mol. The number of hydrogen-bond donors (Lipinski definition) is 9. The summed E-state index contributed by atoms with van der Waals surface area (Å²) in [5, 5.41) is 18.8. The molecule has 0 bridgehead atoms. The zero-order valence-electron chi connectivity index (χ0n) is 25.0. The number of nitrogens with zero attached hydrogens (tertiary/aromatic N) is 1. The molecule has 1 heterocycles. The largest absolute Gasteiger partial charge is 0.480 e. The minimum Gasteiger partial charge on any atom is -0.480 e. The van der Waals surface area contributed by atoms with Crippen LogP contribution in [0.25, 0.3) is 10.9 Å². The molecule has 0 fully saturated rings. The summed E-state index contributed by atoms with van der Waals surface area (Å²) in [6.45, 7) is 4.48. The van der Waals surface area contributed by atoms with E-state index < -0.39 is 47.9 Å². The molecule has 0 spiro atoms. The summed E-state index contributed by atoms with van der Waals surface area (Å²) in [7, 11) is 0. The van der Waals surface area contributed by atoms with E-state index in [1.807, 2.05) is 38.1 Å². The first kappa shape index (κ1) is 35.0. The average Bonchev–Trinajstić information content (AvgIpc) is 3.36. The molecule has 2 rings (SSSR count). The summed E-state index contributed by atoms with van der Waals surface area (Å²) in [6.07, 6.45) is 4.29. The Kier molecular flexibility index (Phi) is 14.4. The maximum absolute atomic E-state index is 13.4. The number of aromatic amines is 1. The van der Waals surface area contributed by atoms with Gasteiger partial charge in [0.2, 0.25) is 17.7 Å². The molecule has 0 aliphatic rings. The van der Waals surface area contributed by atoms with Crippen molar-refractivity contribution in [2.24, 2.45) is 33.8 Å². The summed E-state index contributed by atoms with van der Waals surface area (Å²) in [6, 6.07) is 3.29. The predicted octanol–water partition coefficient (Wildman–Crippen LogP) is -0.195. The first-order valence-corrected chi connectivity index (χ1v) is 14.6. The third-order valence-corrected chi connectivity index (χ3v) is 6.94. The van der Waals surface area contributed by atoms with Gasteiger partial charge in [-0.25, -0.2) is 4.79 Å². The topological polar surface area (TPSA) is 257 Å². The third-order valence-electron chi connectivity index (χ3n) is 6.94. The highest BCUT2D eigenvalue weighted by Crippen LogP contribution is 2.19. The predicted molar refractivity (Wildman–Crippen MR) is 166 cm³/mol. The lowest BCUT2D eigenvalue weighted by atomic mass is 10.0. The van der Waals surface area contributed by atoms with Crippen LogP contribution < -0.4 is 38.9 Å². The van der Waals surface area contributed by atoms with E-state index in [2.05, 4.69) is 25.9 Å². The van der Waals surface area contributed by atoms with Gasteiger partial charge in [-0.3, -0.25) is 19.4 Å². The molecular formula is C29H47N9O5. The maximum Gasteiger partial charge on any atom is 0.326 e. The number of rotatable bonds is 19. The number of carbonyl (C=O) groups excluding carboxylic acids is 3. The van der Waals surface area contributed by atoms with E-state index in [1.54, 1.807) is 6.20 Å². The number of unbranched alkanes of at least 4 members (excludes halogenated alkanes) is 1. The number of aromatic nitrogens is 1. The van der Waals surface area contributed by atoms with Crippen molar-refractivity contribution < 1.29 is 24.3 Å². The van der Waals surface area contributed by atoms with Crippen molar-refractivity contribution in [3.63, 3.8) is 0 Å². The van der Waals surface area contributed by atoms with Gasteiger partial charge in [-0.1, -0.05) is 38.5 Å². The zero-order valence-corrected chi connectivity index (χ0v) is 25.0. The summed E-state index contributed by atoms with van der Waals surface area (Å²) in [4.78, 5) is 58.8. The Morgan fingerprint density at radius 1 is 0.907 bits per heavy atom. The molecule has 0 aliphatic heterocycles.